The second-order valence-electron chi connectivity index (χ2n) is 4.01. The Labute approximate surface area is 85.2 Å². The van der Waals surface area contributed by atoms with Gasteiger partial charge in [0.25, 0.3) is 0 Å². The Hall–Kier alpha value is -0.240. The van der Waals surface area contributed by atoms with Crippen molar-refractivity contribution < 1.29 is 4.79 Å². The standard InChI is InChI=1S/C10H18ClNO/c1-8(7-11)12(2)10(13)6-9-4-3-5-9/h8-9H,3-7H2,1-2H3. The summed E-state index contributed by atoms with van der Waals surface area (Å²) in [7, 11) is 1.84. The van der Waals surface area contributed by atoms with Crippen LogP contribution in [0, 0.1) is 5.92 Å². The number of carbonyl (C=O) groups excluding carboxylic acids is 1. The monoisotopic (exact) mass is 203 g/mol. The highest BCUT2D eigenvalue weighted by atomic mass is 35.5. The van der Waals surface area contributed by atoms with Gasteiger partial charge in [0.2, 0.25) is 5.91 Å². The van der Waals surface area contributed by atoms with Crippen LogP contribution in [0.5, 0.6) is 0 Å². The fourth-order valence-electron chi connectivity index (χ4n) is 1.44. The smallest absolute Gasteiger partial charge is 0.222 e. The first-order valence-corrected chi connectivity index (χ1v) is 5.50. The Morgan fingerprint density at radius 2 is 2.23 bits per heavy atom. The number of carbonyl (C=O) groups is 1. The largest absolute Gasteiger partial charge is 0.342 e. The molecule has 1 aliphatic carbocycles. The van der Waals surface area contributed by atoms with Gasteiger partial charge in [0, 0.05) is 25.4 Å². The zero-order valence-corrected chi connectivity index (χ0v) is 9.18. The zero-order valence-electron chi connectivity index (χ0n) is 8.42. The molecular weight excluding hydrogens is 186 g/mol. The van der Waals surface area contributed by atoms with Crippen molar-refractivity contribution >= 4 is 17.5 Å². The van der Waals surface area contributed by atoms with Gasteiger partial charge in [-0.15, -0.1) is 11.6 Å². The molecule has 0 aromatic heterocycles. The maximum absolute atomic E-state index is 11.6. The van der Waals surface area contributed by atoms with Crippen molar-refractivity contribution in [1.82, 2.24) is 4.90 Å². The summed E-state index contributed by atoms with van der Waals surface area (Å²) in [5.74, 6) is 1.42. The Kier molecular flexibility index (Phi) is 4.04. The summed E-state index contributed by atoms with van der Waals surface area (Å²) in [6.45, 7) is 1.98. The van der Waals surface area contributed by atoms with Crippen molar-refractivity contribution in [1.29, 1.82) is 0 Å². The van der Waals surface area contributed by atoms with Gasteiger partial charge >= 0.3 is 0 Å². The van der Waals surface area contributed by atoms with Crippen molar-refractivity contribution in [3.63, 3.8) is 0 Å². The summed E-state index contributed by atoms with van der Waals surface area (Å²) in [6, 6.07) is 0.161. The Bertz CT molecular complexity index is 180. The maximum Gasteiger partial charge on any atom is 0.222 e. The topological polar surface area (TPSA) is 20.3 Å². The fourth-order valence-corrected chi connectivity index (χ4v) is 1.64. The van der Waals surface area contributed by atoms with Crippen LogP contribution in [-0.4, -0.2) is 29.8 Å². The van der Waals surface area contributed by atoms with Gasteiger partial charge in [-0.3, -0.25) is 4.79 Å². The van der Waals surface area contributed by atoms with E-state index < -0.39 is 0 Å². The number of hydrogen-bond donors (Lipinski definition) is 0. The average molecular weight is 204 g/mol. The third-order valence-corrected chi connectivity index (χ3v) is 3.41. The third kappa shape index (κ3) is 2.87. The summed E-state index contributed by atoms with van der Waals surface area (Å²) in [5.41, 5.74) is 0. The van der Waals surface area contributed by atoms with E-state index in [9.17, 15) is 4.79 Å². The molecule has 0 spiro atoms. The van der Waals surface area contributed by atoms with Crippen LogP contribution in [0.25, 0.3) is 0 Å². The molecule has 0 radical (unpaired) electrons. The lowest BCUT2D eigenvalue weighted by Gasteiger charge is -2.29. The van der Waals surface area contributed by atoms with Gasteiger partial charge in [0.05, 0.1) is 0 Å². The van der Waals surface area contributed by atoms with Gasteiger partial charge < -0.3 is 4.90 Å². The van der Waals surface area contributed by atoms with E-state index in [4.69, 9.17) is 11.6 Å². The van der Waals surface area contributed by atoms with E-state index in [1.54, 1.807) is 4.90 Å². The molecule has 0 N–H and O–H groups in total. The number of hydrogen-bond acceptors (Lipinski definition) is 1. The molecule has 0 heterocycles. The Balaban J connectivity index is 2.28. The van der Waals surface area contributed by atoms with E-state index in [1.807, 2.05) is 14.0 Å². The van der Waals surface area contributed by atoms with Crippen molar-refractivity contribution in [2.75, 3.05) is 12.9 Å². The predicted octanol–water partition coefficient (Wildman–Crippen LogP) is 2.26. The number of rotatable bonds is 4. The van der Waals surface area contributed by atoms with Crippen molar-refractivity contribution in [2.45, 2.75) is 38.6 Å². The molecule has 0 aromatic carbocycles. The lowest BCUT2D eigenvalue weighted by molar-refractivity contribution is -0.132. The highest BCUT2D eigenvalue weighted by molar-refractivity contribution is 6.18. The van der Waals surface area contributed by atoms with Gasteiger partial charge in [-0.05, 0) is 25.7 Å². The zero-order chi connectivity index (χ0) is 9.84. The van der Waals surface area contributed by atoms with Crippen LogP contribution >= 0.6 is 11.6 Å². The summed E-state index contributed by atoms with van der Waals surface area (Å²) in [4.78, 5) is 13.4. The van der Waals surface area contributed by atoms with Crippen LogP contribution in [-0.2, 0) is 4.79 Å². The van der Waals surface area contributed by atoms with E-state index in [2.05, 4.69) is 0 Å². The highest BCUT2D eigenvalue weighted by Crippen LogP contribution is 2.29. The summed E-state index contributed by atoms with van der Waals surface area (Å²) >= 11 is 5.68. The molecule has 76 valence electrons. The molecule has 1 unspecified atom stereocenters. The molecule has 1 amide bonds. The first-order chi connectivity index (χ1) is 6.15. The summed E-state index contributed by atoms with van der Waals surface area (Å²) in [6.07, 6.45) is 4.48. The minimum Gasteiger partial charge on any atom is -0.342 e. The number of amides is 1. The highest BCUT2D eigenvalue weighted by Gasteiger charge is 2.23. The van der Waals surface area contributed by atoms with Gasteiger partial charge in [0.1, 0.15) is 0 Å². The molecule has 1 aliphatic rings. The van der Waals surface area contributed by atoms with E-state index in [0.717, 1.165) is 6.42 Å². The summed E-state index contributed by atoms with van der Waals surface area (Å²) < 4.78 is 0. The van der Waals surface area contributed by atoms with E-state index in [-0.39, 0.29) is 11.9 Å². The van der Waals surface area contributed by atoms with Gasteiger partial charge in [-0.2, -0.15) is 0 Å². The van der Waals surface area contributed by atoms with Gasteiger partial charge in [-0.1, -0.05) is 6.42 Å². The minimum absolute atomic E-state index is 0.161. The maximum atomic E-state index is 11.6. The van der Waals surface area contributed by atoms with Gasteiger partial charge in [-0.25, -0.2) is 0 Å². The minimum atomic E-state index is 0.161. The molecule has 0 aromatic rings. The second-order valence-corrected chi connectivity index (χ2v) is 4.32. The Morgan fingerprint density at radius 1 is 1.62 bits per heavy atom. The molecular formula is C10H18ClNO. The van der Waals surface area contributed by atoms with Crippen LogP contribution in [0.15, 0.2) is 0 Å². The Morgan fingerprint density at radius 3 is 2.62 bits per heavy atom. The molecule has 2 nitrogen and oxygen atoms in total. The molecule has 3 heteroatoms. The first-order valence-electron chi connectivity index (χ1n) is 4.96. The molecule has 0 bridgehead atoms. The molecule has 1 atom stereocenters. The molecule has 1 fully saturated rings. The van der Waals surface area contributed by atoms with E-state index in [0.29, 0.717) is 11.8 Å². The van der Waals surface area contributed by atoms with E-state index in [1.165, 1.54) is 19.3 Å². The third-order valence-electron chi connectivity index (χ3n) is 2.97. The lowest BCUT2D eigenvalue weighted by Crippen LogP contribution is -2.37. The van der Waals surface area contributed by atoms with Crippen LogP contribution in [0.2, 0.25) is 0 Å². The lowest BCUT2D eigenvalue weighted by atomic mass is 9.82. The van der Waals surface area contributed by atoms with Gasteiger partial charge in [0.15, 0.2) is 0 Å². The number of nitrogens with zero attached hydrogens (tertiary/aromatic N) is 1. The number of halogens is 1. The second kappa shape index (κ2) is 4.85. The fraction of sp³-hybridized carbons (Fsp3) is 0.900. The molecule has 1 saturated carbocycles. The normalized spacial score (nSPS) is 19.3. The van der Waals surface area contributed by atoms with Crippen LogP contribution < -0.4 is 0 Å². The average Bonchev–Trinajstić information content (AvgIpc) is 2.08. The van der Waals surface area contributed by atoms with Crippen molar-refractivity contribution in [2.24, 2.45) is 5.92 Å². The SMILES string of the molecule is CC(CCl)N(C)C(=O)CC1CCC1. The molecule has 0 saturated heterocycles. The van der Waals surface area contributed by atoms with Crippen LogP contribution in [0.1, 0.15) is 32.6 Å². The van der Waals surface area contributed by atoms with E-state index >= 15 is 0 Å². The quantitative estimate of drug-likeness (QED) is 0.642. The number of alkyl halides is 1. The van der Waals surface area contributed by atoms with Crippen LogP contribution in [0.3, 0.4) is 0 Å². The first kappa shape index (κ1) is 10.8. The molecule has 1 rings (SSSR count). The molecule has 13 heavy (non-hydrogen) atoms. The summed E-state index contributed by atoms with van der Waals surface area (Å²) in [5, 5.41) is 0. The van der Waals surface area contributed by atoms with Crippen molar-refractivity contribution in [3.05, 3.63) is 0 Å². The van der Waals surface area contributed by atoms with Crippen molar-refractivity contribution in [3.8, 4) is 0 Å². The predicted molar refractivity (Wildman–Crippen MR) is 54.9 cm³/mol. The molecule has 0 aliphatic heterocycles. The van der Waals surface area contributed by atoms with Crippen LogP contribution in [0.4, 0.5) is 0 Å².